The third kappa shape index (κ3) is 3.44. The van der Waals surface area contributed by atoms with Crippen molar-refractivity contribution in [3.05, 3.63) is 34.6 Å². The van der Waals surface area contributed by atoms with Crippen LogP contribution in [-0.2, 0) is 0 Å². The van der Waals surface area contributed by atoms with Gasteiger partial charge >= 0.3 is 0 Å². The summed E-state index contributed by atoms with van der Waals surface area (Å²) in [6, 6.07) is 4.46. The molecule has 18 heavy (non-hydrogen) atoms. The molecule has 0 radical (unpaired) electrons. The molecule has 1 aromatic rings. The molecule has 1 unspecified atom stereocenters. The predicted molar refractivity (Wildman–Crippen MR) is 73.2 cm³/mol. The Kier molecular flexibility index (Phi) is 4.98. The van der Waals surface area contributed by atoms with Crippen molar-refractivity contribution in [2.75, 3.05) is 13.1 Å². The summed E-state index contributed by atoms with van der Waals surface area (Å²) in [5, 5.41) is 3.88. The molecule has 4 heteroatoms. The topological polar surface area (TPSA) is 38.0 Å². The molecule has 1 aliphatic rings. The van der Waals surface area contributed by atoms with Crippen molar-refractivity contribution < 1.29 is 4.39 Å². The van der Waals surface area contributed by atoms with E-state index in [1.165, 1.54) is 25.3 Å². The fourth-order valence-electron chi connectivity index (χ4n) is 2.35. The van der Waals surface area contributed by atoms with Crippen LogP contribution in [0.25, 0.3) is 0 Å². The van der Waals surface area contributed by atoms with Crippen molar-refractivity contribution in [1.82, 2.24) is 5.32 Å². The predicted octanol–water partition coefficient (Wildman–Crippen LogP) is 3.26. The number of hydrogen-bond donors (Lipinski definition) is 2. The second-order valence-electron chi connectivity index (χ2n) is 4.99. The van der Waals surface area contributed by atoms with Gasteiger partial charge in [0, 0.05) is 23.2 Å². The third-order valence-electron chi connectivity index (χ3n) is 3.74. The van der Waals surface area contributed by atoms with Gasteiger partial charge < -0.3 is 11.1 Å². The van der Waals surface area contributed by atoms with Crippen molar-refractivity contribution in [2.24, 2.45) is 11.7 Å². The van der Waals surface area contributed by atoms with Gasteiger partial charge in [-0.05, 0) is 37.1 Å². The Morgan fingerprint density at radius 2 is 2.22 bits per heavy atom. The van der Waals surface area contributed by atoms with Crippen LogP contribution in [-0.4, -0.2) is 13.1 Å². The van der Waals surface area contributed by atoms with Gasteiger partial charge in [-0.3, -0.25) is 0 Å². The molecule has 0 saturated heterocycles. The zero-order valence-corrected chi connectivity index (χ0v) is 11.2. The molecule has 0 amide bonds. The number of hydrogen-bond acceptors (Lipinski definition) is 2. The zero-order valence-electron chi connectivity index (χ0n) is 10.5. The van der Waals surface area contributed by atoms with E-state index in [0.29, 0.717) is 17.1 Å². The summed E-state index contributed by atoms with van der Waals surface area (Å²) in [5.74, 6) is 0.603. The molecule has 2 rings (SSSR count). The highest BCUT2D eigenvalue weighted by Gasteiger charge is 2.18. The second-order valence-corrected chi connectivity index (χ2v) is 5.43. The molecule has 0 aliphatic heterocycles. The Morgan fingerprint density at radius 3 is 2.83 bits per heavy atom. The largest absolute Gasteiger partial charge is 0.329 e. The Morgan fingerprint density at radius 1 is 1.44 bits per heavy atom. The molecule has 0 bridgehead atoms. The van der Waals surface area contributed by atoms with Crippen LogP contribution in [0.4, 0.5) is 4.39 Å². The monoisotopic (exact) mass is 270 g/mol. The molecule has 100 valence electrons. The minimum absolute atomic E-state index is 0.149. The average molecular weight is 271 g/mol. The Hall–Kier alpha value is -0.640. The quantitative estimate of drug-likeness (QED) is 0.833. The maximum Gasteiger partial charge on any atom is 0.128 e. The maximum atomic E-state index is 13.7. The van der Waals surface area contributed by atoms with Crippen molar-refractivity contribution >= 4 is 11.6 Å². The Balaban J connectivity index is 1.91. The molecule has 1 fully saturated rings. The first-order valence-electron chi connectivity index (χ1n) is 6.59. The molecule has 0 spiro atoms. The minimum atomic E-state index is -0.244. The molecular formula is C14H20ClFN2. The van der Waals surface area contributed by atoms with Gasteiger partial charge in [0.05, 0.1) is 0 Å². The van der Waals surface area contributed by atoms with E-state index in [1.54, 1.807) is 12.1 Å². The van der Waals surface area contributed by atoms with Crippen LogP contribution in [0, 0.1) is 11.7 Å². The van der Waals surface area contributed by atoms with Gasteiger partial charge in [-0.25, -0.2) is 4.39 Å². The van der Waals surface area contributed by atoms with E-state index in [0.717, 1.165) is 18.9 Å². The molecule has 3 N–H and O–H groups in total. The Labute approximate surface area is 113 Å². The molecule has 2 nitrogen and oxygen atoms in total. The summed E-state index contributed by atoms with van der Waals surface area (Å²) in [7, 11) is 0. The van der Waals surface area contributed by atoms with Gasteiger partial charge in [-0.1, -0.05) is 30.9 Å². The number of rotatable bonds is 6. The van der Waals surface area contributed by atoms with Gasteiger partial charge in [0.1, 0.15) is 5.82 Å². The summed E-state index contributed by atoms with van der Waals surface area (Å²) in [5.41, 5.74) is 6.28. The smallest absolute Gasteiger partial charge is 0.128 e. The molecule has 1 saturated carbocycles. The SMILES string of the molecule is NCC(NCCC1CCC1)c1cc(Cl)ccc1F. The standard InChI is InChI=1S/C14H20ClFN2/c15-11-4-5-13(16)12(8-11)14(9-17)18-7-6-10-2-1-3-10/h4-5,8,10,14,18H,1-3,6-7,9,17H2. The van der Waals surface area contributed by atoms with Gasteiger partial charge in [0.15, 0.2) is 0 Å². The van der Waals surface area contributed by atoms with E-state index in [-0.39, 0.29) is 11.9 Å². The van der Waals surface area contributed by atoms with E-state index in [9.17, 15) is 4.39 Å². The van der Waals surface area contributed by atoms with E-state index in [4.69, 9.17) is 17.3 Å². The van der Waals surface area contributed by atoms with Gasteiger partial charge in [0.25, 0.3) is 0 Å². The fourth-order valence-corrected chi connectivity index (χ4v) is 2.53. The van der Waals surface area contributed by atoms with Crippen LogP contribution in [0.5, 0.6) is 0 Å². The summed E-state index contributed by atoms with van der Waals surface area (Å²) in [4.78, 5) is 0. The zero-order chi connectivity index (χ0) is 13.0. The summed E-state index contributed by atoms with van der Waals surface area (Å²) >= 11 is 5.90. The van der Waals surface area contributed by atoms with Crippen molar-refractivity contribution in [1.29, 1.82) is 0 Å². The molecule has 1 aliphatic carbocycles. The van der Waals surface area contributed by atoms with Crippen LogP contribution in [0.15, 0.2) is 18.2 Å². The first-order valence-corrected chi connectivity index (χ1v) is 6.97. The summed E-state index contributed by atoms with van der Waals surface area (Å²) < 4.78 is 13.7. The highest BCUT2D eigenvalue weighted by Crippen LogP contribution is 2.29. The lowest BCUT2D eigenvalue weighted by atomic mass is 9.83. The van der Waals surface area contributed by atoms with Crippen LogP contribution in [0.3, 0.4) is 0 Å². The van der Waals surface area contributed by atoms with E-state index in [2.05, 4.69) is 5.32 Å². The van der Waals surface area contributed by atoms with Gasteiger partial charge in [-0.2, -0.15) is 0 Å². The summed E-state index contributed by atoms with van der Waals surface area (Å²) in [6.45, 7) is 1.26. The van der Waals surface area contributed by atoms with Gasteiger partial charge in [0.2, 0.25) is 0 Å². The molecule has 1 atom stereocenters. The van der Waals surface area contributed by atoms with Crippen LogP contribution in [0.1, 0.15) is 37.3 Å². The fraction of sp³-hybridized carbons (Fsp3) is 0.571. The van der Waals surface area contributed by atoms with E-state index >= 15 is 0 Å². The van der Waals surface area contributed by atoms with E-state index < -0.39 is 0 Å². The summed E-state index contributed by atoms with van der Waals surface area (Å²) in [6.07, 6.45) is 5.17. The average Bonchev–Trinajstić information content (AvgIpc) is 2.31. The lowest BCUT2D eigenvalue weighted by Crippen LogP contribution is -2.31. The molecule has 0 heterocycles. The van der Waals surface area contributed by atoms with Crippen LogP contribution >= 0.6 is 11.6 Å². The highest BCUT2D eigenvalue weighted by molar-refractivity contribution is 6.30. The first kappa shape index (κ1) is 13.8. The lowest BCUT2D eigenvalue weighted by molar-refractivity contribution is 0.287. The number of benzene rings is 1. The lowest BCUT2D eigenvalue weighted by Gasteiger charge is -2.26. The minimum Gasteiger partial charge on any atom is -0.329 e. The first-order chi connectivity index (χ1) is 8.70. The van der Waals surface area contributed by atoms with Crippen LogP contribution < -0.4 is 11.1 Å². The Bertz CT molecular complexity index is 393. The normalized spacial score (nSPS) is 17.5. The van der Waals surface area contributed by atoms with Crippen molar-refractivity contribution in [2.45, 2.75) is 31.7 Å². The number of nitrogens with two attached hydrogens (primary N) is 1. The number of nitrogens with one attached hydrogen (secondary N) is 1. The van der Waals surface area contributed by atoms with Crippen LogP contribution in [0.2, 0.25) is 5.02 Å². The molecular weight excluding hydrogens is 251 g/mol. The van der Waals surface area contributed by atoms with Crippen molar-refractivity contribution in [3.8, 4) is 0 Å². The van der Waals surface area contributed by atoms with Gasteiger partial charge in [-0.15, -0.1) is 0 Å². The maximum absolute atomic E-state index is 13.7. The van der Waals surface area contributed by atoms with Crippen molar-refractivity contribution in [3.63, 3.8) is 0 Å². The number of halogens is 2. The second kappa shape index (κ2) is 6.50. The molecule has 0 aromatic heterocycles. The highest BCUT2D eigenvalue weighted by atomic mass is 35.5. The van der Waals surface area contributed by atoms with E-state index in [1.807, 2.05) is 0 Å². The third-order valence-corrected chi connectivity index (χ3v) is 3.97. The molecule has 1 aromatic carbocycles.